The number of carbonyl (C=O) groups excluding carboxylic acids is 1. The minimum absolute atomic E-state index is 0.0885. The number of rotatable bonds is 4. The van der Waals surface area contributed by atoms with Gasteiger partial charge in [0.2, 0.25) is 0 Å². The second kappa shape index (κ2) is 7.72. The molecular weight excluding hydrogens is 344 g/mol. The predicted molar refractivity (Wildman–Crippen MR) is 106 cm³/mol. The Bertz CT molecular complexity index is 818. The van der Waals surface area contributed by atoms with Gasteiger partial charge in [-0.1, -0.05) is 36.4 Å². The fourth-order valence-corrected chi connectivity index (χ4v) is 4.06. The molecule has 1 aliphatic rings. The summed E-state index contributed by atoms with van der Waals surface area (Å²) in [5, 5.41) is 1.03. The Hall–Kier alpha value is -2.63. The molecule has 1 aromatic heterocycles. The maximum absolute atomic E-state index is 12.8. The third-order valence-electron chi connectivity index (χ3n) is 4.35. The van der Waals surface area contributed by atoms with Gasteiger partial charge in [0, 0.05) is 24.5 Å². The molecule has 4 nitrogen and oxygen atoms in total. The van der Waals surface area contributed by atoms with Crippen molar-refractivity contribution in [3.05, 3.63) is 77.7 Å². The van der Waals surface area contributed by atoms with Crippen LogP contribution in [0.2, 0.25) is 0 Å². The van der Waals surface area contributed by atoms with Gasteiger partial charge in [-0.3, -0.25) is 4.79 Å². The number of hydrogen-bond acceptors (Lipinski definition) is 4. The zero-order valence-electron chi connectivity index (χ0n) is 14.4. The average Bonchev–Trinajstić information content (AvgIpc) is 3.19. The van der Waals surface area contributed by atoms with Gasteiger partial charge < -0.3 is 14.5 Å². The number of nitrogens with zero attached hydrogens (tertiary/aromatic N) is 2. The maximum Gasteiger partial charge on any atom is 0.264 e. The lowest BCUT2D eigenvalue weighted by atomic mass is 10.2. The Morgan fingerprint density at radius 2 is 1.42 bits per heavy atom. The molecule has 5 heteroatoms. The van der Waals surface area contributed by atoms with Gasteiger partial charge in [0.05, 0.1) is 18.1 Å². The van der Waals surface area contributed by atoms with E-state index < -0.39 is 0 Å². The Labute approximate surface area is 157 Å². The quantitative estimate of drug-likeness (QED) is 0.673. The van der Waals surface area contributed by atoms with Crippen LogP contribution in [0, 0.1) is 0 Å². The van der Waals surface area contributed by atoms with Crippen molar-refractivity contribution < 1.29 is 9.53 Å². The molecule has 1 saturated heterocycles. The van der Waals surface area contributed by atoms with Crippen molar-refractivity contribution >= 4 is 33.6 Å². The van der Waals surface area contributed by atoms with Gasteiger partial charge in [0.1, 0.15) is 5.00 Å². The van der Waals surface area contributed by atoms with Crippen LogP contribution >= 0.6 is 11.3 Å². The highest BCUT2D eigenvalue weighted by molar-refractivity contribution is 7.18. The van der Waals surface area contributed by atoms with E-state index in [4.69, 9.17) is 4.74 Å². The predicted octanol–water partition coefficient (Wildman–Crippen LogP) is 4.69. The van der Waals surface area contributed by atoms with E-state index in [1.165, 1.54) is 11.3 Å². The molecule has 2 aromatic carbocycles. The van der Waals surface area contributed by atoms with Crippen LogP contribution in [-0.2, 0) is 4.74 Å². The number of ether oxygens (including phenoxy) is 1. The molecule has 0 saturated carbocycles. The lowest BCUT2D eigenvalue weighted by Crippen LogP contribution is -2.40. The Balaban J connectivity index is 1.67. The minimum atomic E-state index is 0.0885. The molecule has 0 bridgehead atoms. The number of morpholine rings is 1. The fourth-order valence-electron chi connectivity index (χ4n) is 3.04. The van der Waals surface area contributed by atoms with E-state index in [-0.39, 0.29) is 5.91 Å². The summed E-state index contributed by atoms with van der Waals surface area (Å²) in [5.41, 5.74) is 2.15. The summed E-state index contributed by atoms with van der Waals surface area (Å²) < 4.78 is 5.35. The Morgan fingerprint density at radius 3 is 2.00 bits per heavy atom. The van der Waals surface area contributed by atoms with Gasteiger partial charge in [0.25, 0.3) is 5.91 Å². The van der Waals surface area contributed by atoms with E-state index in [9.17, 15) is 4.79 Å². The molecular formula is C21H20N2O2S. The van der Waals surface area contributed by atoms with E-state index in [1.54, 1.807) is 0 Å². The highest BCUT2D eigenvalue weighted by Gasteiger charge is 2.22. The van der Waals surface area contributed by atoms with Crippen molar-refractivity contribution in [1.82, 2.24) is 4.90 Å². The highest BCUT2D eigenvalue weighted by Crippen LogP contribution is 2.38. The number of anilines is 3. The fraction of sp³-hybridized carbons (Fsp3) is 0.190. The van der Waals surface area contributed by atoms with Gasteiger partial charge >= 0.3 is 0 Å². The summed E-state index contributed by atoms with van der Waals surface area (Å²) in [7, 11) is 0. The van der Waals surface area contributed by atoms with Crippen LogP contribution in [0.3, 0.4) is 0 Å². The molecule has 4 rings (SSSR count). The van der Waals surface area contributed by atoms with Crippen LogP contribution in [-0.4, -0.2) is 37.1 Å². The number of carbonyl (C=O) groups is 1. The molecule has 132 valence electrons. The zero-order valence-corrected chi connectivity index (χ0v) is 15.2. The lowest BCUT2D eigenvalue weighted by molar-refractivity contribution is 0.0306. The van der Waals surface area contributed by atoms with Crippen LogP contribution in [0.4, 0.5) is 16.4 Å². The monoisotopic (exact) mass is 364 g/mol. The van der Waals surface area contributed by atoms with E-state index in [1.807, 2.05) is 53.4 Å². The normalized spacial score (nSPS) is 14.2. The number of thiophene rings is 1. The van der Waals surface area contributed by atoms with Crippen molar-refractivity contribution in [3.63, 3.8) is 0 Å². The standard InChI is InChI=1S/C21H20N2O2S/c24-21(22-13-15-25-16-14-22)19-11-12-20(26-19)23(17-7-3-1-4-8-17)18-9-5-2-6-10-18/h1-12H,13-16H2. The smallest absolute Gasteiger partial charge is 0.264 e. The summed E-state index contributed by atoms with van der Waals surface area (Å²) >= 11 is 1.53. The van der Waals surface area contributed by atoms with E-state index in [0.29, 0.717) is 26.3 Å². The topological polar surface area (TPSA) is 32.8 Å². The molecule has 1 aliphatic heterocycles. The van der Waals surface area contributed by atoms with E-state index in [2.05, 4.69) is 29.2 Å². The molecule has 0 unspecified atom stereocenters. The van der Waals surface area contributed by atoms with Gasteiger partial charge in [-0.2, -0.15) is 0 Å². The molecule has 0 atom stereocenters. The van der Waals surface area contributed by atoms with Crippen molar-refractivity contribution in [2.45, 2.75) is 0 Å². The first-order valence-electron chi connectivity index (χ1n) is 8.70. The summed E-state index contributed by atoms with van der Waals surface area (Å²) in [6.07, 6.45) is 0. The number of benzene rings is 2. The SMILES string of the molecule is O=C(c1ccc(N(c2ccccc2)c2ccccc2)s1)N1CCOCC1. The van der Waals surface area contributed by atoms with Crippen molar-refractivity contribution in [3.8, 4) is 0 Å². The maximum atomic E-state index is 12.8. The van der Waals surface area contributed by atoms with Crippen LogP contribution in [0.5, 0.6) is 0 Å². The zero-order chi connectivity index (χ0) is 17.8. The first-order valence-corrected chi connectivity index (χ1v) is 9.52. The Kier molecular flexibility index (Phi) is 5.00. The molecule has 0 spiro atoms. The molecule has 26 heavy (non-hydrogen) atoms. The third kappa shape index (κ3) is 3.49. The molecule has 0 N–H and O–H groups in total. The average molecular weight is 364 g/mol. The molecule has 1 fully saturated rings. The molecule has 0 aliphatic carbocycles. The minimum Gasteiger partial charge on any atom is -0.378 e. The van der Waals surface area contributed by atoms with E-state index >= 15 is 0 Å². The number of para-hydroxylation sites is 2. The summed E-state index contributed by atoms with van der Waals surface area (Å²) in [4.78, 5) is 17.6. The van der Waals surface area contributed by atoms with Gasteiger partial charge in [0.15, 0.2) is 0 Å². The number of amides is 1. The van der Waals surface area contributed by atoms with Crippen LogP contribution in [0.1, 0.15) is 9.67 Å². The summed E-state index contributed by atoms with van der Waals surface area (Å²) in [5.74, 6) is 0.0885. The third-order valence-corrected chi connectivity index (χ3v) is 5.41. The molecule has 1 amide bonds. The Morgan fingerprint density at radius 1 is 0.846 bits per heavy atom. The van der Waals surface area contributed by atoms with E-state index in [0.717, 1.165) is 21.3 Å². The molecule has 3 aromatic rings. The van der Waals surface area contributed by atoms with Crippen LogP contribution in [0.15, 0.2) is 72.8 Å². The van der Waals surface area contributed by atoms with Crippen LogP contribution < -0.4 is 4.90 Å². The highest BCUT2D eigenvalue weighted by atomic mass is 32.1. The lowest BCUT2D eigenvalue weighted by Gasteiger charge is -2.26. The van der Waals surface area contributed by atoms with Gasteiger partial charge in [-0.05, 0) is 36.4 Å². The van der Waals surface area contributed by atoms with Crippen molar-refractivity contribution in [1.29, 1.82) is 0 Å². The number of hydrogen-bond donors (Lipinski definition) is 0. The summed E-state index contributed by atoms with van der Waals surface area (Å²) in [6.45, 7) is 2.55. The van der Waals surface area contributed by atoms with Crippen molar-refractivity contribution in [2.24, 2.45) is 0 Å². The molecule has 0 radical (unpaired) electrons. The van der Waals surface area contributed by atoms with Crippen LogP contribution in [0.25, 0.3) is 0 Å². The second-order valence-electron chi connectivity index (χ2n) is 6.05. The summed E-state index contributed by atoms with van der Waals surface area (Å²) in [6, 6.07) is 24.4. The van der Waals surface area contributed by atoms with Crippen molar-refractivity contribution in [2.75, 3.05) is 31.2 Å². The second-order valence-corrected chi connectivity index (χ2v) is 7.11. The first-order chi connectivity index (χ1) is 12.8. The molecule has 2 heterocycles. The van der Waals surface area contributed by atoms with Gasteiger partial charge in [-0.15, -0.1) is 11.3 Å². The largest absolute Gasteiger partial charge is 0.378 e. The first kappa shape index (κ1) is 16.8. The van der Waals surface area contributed by atoms with Gasteiger partial charge in [-0.25, -0.2) is 0 Å².